The molecule has 0 fully saturated rings. The van der Waals surface area contributed by atoms with Crippen molar-refractivity contribution in [3.63, 3.8) is 0 Å². The SMILES string of the molecule is NC(=O)OC1C/C=C\CCCCCCC(O)C1. The van der Waals surface area contributed by atoms with Gasteiger partial charge in [0.25, 0.3) is 0 Å². The number of nitrogens with two attached hydrogens (primary N) is 1. The van der Waals surface area contributed by atoms with Gasteiger partial charge in [-0.05, 0) is 19.3 Å². The van der Waals surface area contributed by atoms with Gasteiger partial charge in [-0.1, -0.05) is 31.4 Å². The molecule has 1 aliphatic carbocycles. The molecule has 2 unspecified atom stereocenters. The van der Waals surface area contributed by atoms with Crippen LogP contribution < -0.4 is 5.73 Å². The van der Waals surface area contributed by atoms with Gasteiger partial charge in [0.1, 0.15) is 6.10 Å². The van der Waals surface area contributed by atoms with E-state index >= 15 is 0 Å². The average molecular weight is 241 g/mol. The van der Waals surface area contributed by atoms with Crippen LogP contribution in [0.4, 0.5) is 4.79 Å². The third kappa shape index (κ3) is 7.00. The van der Waals surface area contributed by atoms with Crippen LogP contribution in [0, 0.1) is 0 Å². The van der Waals surface area contributed by atoms with Gasteiger partial charge in [0.05, 0.1) is 6.10 Å². The second-order valence-corrected chi connectivity index (χ2v) is 4.65. The zero-order valence-corrected chi connectivity index (χ0v) is 10.3. The quantitative estimate of drug-likeness (QED) is 0.693. The topological polar surface area (TPSA) is 72.6 Å². The number of allylic oxidation sites excluding steroid dienone is 1. The molecule has 0 saturated carbocycles. The van der Waals surface area contributed by atoms with Crippen molar-refractivity contribution in [2.45, 2.75) is 63.6 Å². The molecule has 1 aliphatic rings. The van der Waals surface area contributed by atoms with E-state index < -0.39 is 12.2 Å². The molecule has 1 amide bonds. The Kier molecular flexibility index (Phi) is 6.70. The van der Waals surface area contributed by atoms with Crippen molar-refractivity contribution in [2.24, 2.45) is 5.73 Å². The predicted octanol–water partition coefficient (Wildman–Crippen LogP) is 2.50. The Morgan fingerprint density at radius 1 is 1.24 bits per heavy atom. The van der Waals surface area contributed by atoms with Gasteiger partial charge in [0.15, 0.2) is 0 Å². The molecule has 0 aromatic carbocycles. The molecule has 98 valence electrons. The Morgan fingerprint density at radius 3 is 2.76 bits per heavy atom. The summed E-state index contributed by atoms with van der Waals surface area (Å²) in [6.07, 6.45) is 10.3. The van der Waals surface area contributed by atoms with Crippen molar-refractivity contribution in [3.8, 4) is 0 Å². The summed E-state index contributed by atoms with van der Waals surface area (Å²) >= 11 is 0. The molecular weight excluding hydrogens is 218 g/mol. The van der Waals surface area contributed by atoms with Gasteiger partial charge in [-0.15, -0.1) is 0 Å². The van der Waals surface area contributed by atoms with Crippen LogP contribution in [0.5, 0.6) is 0 Å². The standard InChI is InChI=1S/C13H23NO3/c14-13(16)17-12-9-7-5-3-1-2-4-6-8-11(15)10-12/h5,7,11-12,15H,1-4,6,8-10H2,(H2,14,16)/b7-5-. The molecule has 3 N–H and O–H groups in total. The summed E-state index contributed by atoms with van der Waals surface area (Å²) in [5.74, 6) is 0. The minimum atomic E-state index is -0.761. The third-order valence-corrected chi connectivity index (χ3v) is 3.04. The lowest BCUT2D eigenvalue weighted by Crippen LogP contribution is -2.26. The number of aliphatic hydroxyl groups excluding tert-OH is 1. The number of aliphatic hydroxyl groups is 1. The van der Waals surface area contributed by atoms with E-state index in [0.717, 1.165) is 25.7 Å². The van der Waals surface area contributed by atoms with Crippen molar-refractivity contribution in [1.82, 2.24) is 0 Å². The average Bonchev–Trinajstić information content (AvgIpc) is 2.23. The van der Waals surface area contributed by atoms with Crippen molar-refractivity contribution >= 4 is 6.09 Å². The van der Waals surface area contributed by atoms with Crippen LogP contribution >= 0.6 is 0 Å². The molecule has 0 aromatic heterocycles. The van der Waals surface area contributed by atoms with E-state index in [1.807, 2.05) is 6.08 Å². The smallest absolute Gasteiger partial charge is 0.404 e. The molecular formula is C13H23NO3. The first-order chi connectivity index (χ1) is 8.18. The Labute approximate surface area is 103 Å². The molecule has 2 atom stereocenters. The van der Waals surface area contributed by atoms with Crippen LogP contribution in [0.1, 0.15) is 51.4 Å². The molecule has 4 heteroatoms. The van der Waals surface area contributed by atoms with E-state index in [4.69, 9.17) is 10.5 Å². The zero-order valence-electron chi connectivity index (χ0n) is 10.3. The van der Waals surface area contributed by atoms with E-state index in [0.29, 0.717) is 12.8 Å². The Hall–Kier alpha value is -1.03. The normalized spacial score (nSPS) is 29.7. The number of hydrogen-bond acceptors (Lipinski definition) is 3. The predicted molar refractivity (Wildman–Crippen MR) is 66.5 cm³/mol. The number of amides is 1. The van der Waals surface area contributed by atoms with Gasteiger partial charge in [-0.2, -0.15) is 0 Å². The highest BCUT2D eigenvalue weighted by molar-refractivity contribution is 5.64. The summed E-state index contributed by atoms with van der Waals surface area (Å²) < 4.78 is 4.99. The van der Waals surface area contributed by atoms with E-state index in [9.17, 15) is 9.90 Å². The molecule has 0 heterocycles. The van der Waals surface area contributed by atoms with Crippen LogP contribution in [-0.2, 0) is 4.74 Å². The first-order valence-corrected chi connectivity index (χ1v) is 6.47. The van der Waals surface area contributed by atoms with Crippen LogP contribution in [0.15, 0.2) is 12.2 Å². The number of rotatable bonds is 1. The lowest BCUT2D eigenvalue weighted by atomic mass is 10.0. The summed E-state index contributed by atoms with van der Waals surface area (Å²) in [5.41, 5.74) is 5.02. The van der Waals surface area contributed by atoms with Gasteiger partial charge in [0, 0.05) is 12.8 Å². The summed E-state index contributed by atoms with van der Waals surface area (Å²) in [6, 6.07) is 0. The Morgan fingerprint density at radius 2 is 2.00 bits per heavy atom. The van der Waals surface area contributed by atoms with E-state index in [2.05, 4.69) is 6.08 Å². The fraction of sp³-hybridized carbons (Fsp3) is 0.769. The first-order valence-electron chi connectivity index (χ1n) is 6.47. The minimum Gasteiger partial charge on any atom is -0.446 e. The van der Waals surface area contributed by atoms with Crippen LogP contribution in [0.2, 0.25) is 0 Å². The summed E-state index contributed by atoms with van der Waals surface area (Å²) in [6.45, 7) is 0. The van der Waals surface area contributed by atoms with Crippen molar-refractivity contribution in [1.29, 1.82) is 0 Å². The largest absolute Gasteiger partial charge is 0.446 e. The van der Waals surface area contributed by atoms with Crippen LogP contribution in [-0.4, -0.2) is 23.4 Å². The zero-order chi connectivity index (χ0) is 12.5. The molecule has 0 radical (unpaired) electrons. The lowest BCUT2D eigenvalue weighted by molar-refractivity contribution is 0.0559. The van der Waals surface area contributed by atoms with Crippen molar-refractivity contribution in [3.05, 3.63) is 12.2 Å². The summed E-state index contributed by atoms with van der Waals surface area (Å²) in [5, 5.41) is 9.82. The van der Waals surface area contributed by atoms with E-state index in [1.54, 1.807) is 0 Å². The molecule has 1 rings (SSSR count). The molecule has 17 heavy (non-hydrogen) atoms. The highest BCUT2D eigenvalue weighted by Crippen LogP contribution is 2.16. The molecule has 0 saturated heterocycles. The fourth-order valence-corrected chi connectivity index (χ4v) is 2.14. The maximum atomic E-state index is 10.7. The number of hydrogen-bond donors (Lipinski definition) is 2. The summed E-state index contributed by atoms with van der Waals surface area (Å²) in [4.78, 5) is 10.7. The van der Waals surface area contributed by atoms with Gasteiger partial charge >= 0.3 is 6.09 Å². The number of carbonyl (C=O) groups excluding carboxylic acids is 1. The third-order valence-electron chi connectivity index (χ3n) is 3.04. The maximum Gasteiger partial charge on any atom is 0.404 e. The van der Waals surface area contributed by atoms with Crippen molar-refractivity contribution in [2.75, 3.05) is 0 Å². The molecule has 0 spiro atoms. The van der Waals surface area contributed by atoms with Crippen LogP contribution in [0.3, 0.4) is 0 Å². The monoisotopic (exact) mass is 241 g/mol. The molecule has 0 aliphatic heterocycles. The highest BCUT2D eigenvalue weighted by Gasteiger charge is 2.16. The number of carbonyl (C=O) groups is 1. The number of primary amides is 1. The van der Waals surface area contributed by atoms with Crippen molar-refractivity contribution < 1.29 is 14.6 Å². The second kappa shape index (κ2) is 8.12. The van der Waals surface area contributed by atoms with Gasteiger partial charge in [0.2, 0.25) is 0 Å². The second-order valence-electron chi connectivity index (χ2n) is 4.65. The molecule has 4 nitrogen and oxygen atoms in total. The summed E-state index contributed by atoms with van der Waals surface area (Å²) in [7, 11) is 0. The molecule has 0 bridgehead atoms. The Bertz CT molecular complexity index is 253. The fourth-order valence-electron chi connectivity index (χ4n) is 2.14. The highest BCUT2D eigenvalue weighted by atomic mass is 16.6. The van der Waals surface area contributed by atoms with Gasteiger partial charge < -0.3 is 15.6 Å². The maximum absolute atomic E-state index is 10.7. The van der Waals surface area contributed by atoms with Crippen LogP contribution in [0.25, 0.3) is 0 Å². The van der Waals surface area contributed by atoms with Gasteiger partial charge in [-0.3, -0.25) is 0 Å². The van der Waals surface area contributed by atoms with E-state index in [-0.39, 0.29) is 6.10 Å². The van der Waals surface area contributed by atoms with Gasteiger partial charge in [-0.25, -0.2) is 4.79 Å². The molecule has 0 aromatic rings. The number of ether oxygens (including phenoxy) is 1. The van der Waals surface area contributed by atoms with E-state index in [1.165, 1.54) is 12.8 Å². The Balaban J connectivity index is 2.48. The first kappa shape index (κ1) is 14.0. The lowest BCUT2D eigenvalue weighted by Gasteiger charge is -2.19. The minimum absolute atomic E-state index is 0.293.